The zero-order valence-corrected chi connectivity index (χ0v) is 23.0. The Bertz CT molecular complexity index is 1220. The first-order valence-electron chi connectivity index (χ1n) is 13.7. The molecule has 200 valence electrons. The third kappa shape index (κ3) is 6.82. The first-order valence-corrected chi connectivity index (χ1v) is 13.7. The van der Waals surface area contributed by atoms with Crippen molar-refractivity contribution in [3.05, 3.63) is 71.9 Å². The Morgan fingerprint density at radius 1 is 0.711 bits per heavy atom. The van der Waals surface area contributed by atoms with Gasteiger partial charge in [-0.25, -0.2) is 20.0 Å². The molecule has 2 heterocycles. The van der Waals surface area contributed by atoms with Crippen molar-refractivity contribution < 1.29 is 4.74 Å². The van der Waals surface area contributed by atoms with E-state index in [4.69, 9.17) is 24.7 Å². The fourth-order valence-corrected chi connectivity index (χ4v) is 4.36. The van der Waals surface area contributed by atoms with Crippen molar-refractivity contribution in [3.63, 3.8) is 0 Å². The van der Waals surface area contributed by atoms with E-state index in [0.29, 0.717) is 42.2 Å². The van der Waals surface area contributed by atoms with Gasteiger partial charge in [-0.15, -0.1) is 0 Å². The van der Waals surface area contributed by atoms with Crippen LogP contribution in [0.15, 0.2) is 70.6 Å². The monoisotopic (exact) mass is 513 g/mol. The van der Waals surface area contributed by atoms with Crippen LogP contribution in [0.4, 0.5) is 11.5 Å². The van der Waals surface area contributed by atoms with E-state index >= 15 is 0 Å². The van der Waals surface area contributed by atoms with Gasteiger partial charge in [-0.2, -0.15) is 0 Å². The van der Waals surface area contributed by atoms with Crippen LogP contribution in [0.5, 0.6) is 0 Å². The average molecular weight is 514 g/mol. The Morgan fingerprint density at radius 2 is 1.26 bits per heavy atom. The van der Waals surface area contributed by atoms with Crippen LogP contribution in [0, 0.1) is 0 Å². The van der Waals surface area contributed by atoms with Crippen molar-refractivity contribution in [1.82, 2.24) is 19.8 Å². The summed E-state index contributed by atoms with van der Waals surface area (Å²) in [6, 6.07) is 20.0. The van der Waals surface area contributed by atoms with Crippen LogP contribution in [0.1, 0.15) is 39.0 Å². The number of ether oxygens (including phenoxy) is 1. The number of hydrogen-bond donors (Lipinski definition) is 1. The maximum absolute atomic E-state index is 6.32. The quantitative estimate of drug-likeness (QED) is 0.343. The molecule has 0 radical (unpaired) electrons. The molecule has 0 saturated carbocycles. The van der Waals surface area contributed by atoms with Gasteiger partial charge in [0.1, 0.15) is 17.1 Å². The van der Waals surface area contributed by atoms with Gasteiger partial charge in [0, 0.05) is 24.3 Å². The Morgan fingerprint density at radius 3 is 1.84 bits per heavy atom. The highest BCUT2D eigenvalue weighted by molar-refractivity contribution is 6.20. The summed E-state index contributed by atoms with van der Waals surface area (Å²) >= 11 is 0. The molecule has 0 bridgehead atoms. The van der Waals surface area contributed by atoms with Gasteiger partial charge in [0.2, 0.25) is 11.8 Å². The molecule has 1 aromatic heterocycles. The lowest BCUT2D eigenvalue weighted by molar-refractivity contribution is 0.311. The Kier molecular flexibility index (Phi) is 9.95. The first kappa shape index (κ1) is 27.4. The second-order valence-corrected chi connectivity index (χ2v) is 9.01. The van der Waals surface area contributed by atoms with E-state index in [0.717, 1.165) is 56.1 Å². The van der Waals surface area contributed by atoms with E-state index in [1.165, 1.54) is 0 Å². The van der Waals surface area contributed by atoms with E-state index in [1.807, 2.05) is 60.7 Å². The van der Waals surface area contributed by atoms with Crippen LogP contribution in [0.25, 0.3) is 11.4 Å². The minimum Gasteiger partial charge on any atom is -0.418 e. The Hall–Kier alpha value is -3.62. The molecule has 4 rings (SSSR count). The van der Waals surface area contributed by atoms with Crippen molar-refractivity contribution >= 4 is 23.3 Å². The van der Waals surface area contributed by atoms with Gasteiger partial charge in [-0.3, -0.25) is 0 Å². The van der Waals surface area contributed by atoms with Gasteiger partial charge >= 0.3 is 0 Å². The highest BCUT2D eigenvalue weighted by Gasteiger charge is 2.33. The largest absolute Gasteiger partial charge is 0.418 e. The van der Waals surface area contributed by atoms with Crippen LogP contribution in [-0.4, -0.2) is 83.9 Å². The maximum atomic E-state index is 6.32. The summed E-state index contributed by atoms with van der Waals surface area (Å²) in [4.78, 5) is 24.3. The maximum Gasteiger partial charge on any atom is 0.243 e. The van der Waals surface area contributed by atoms with Gasteiger partial charge in [0.05, 0.1) is 13.1 Å². The average Bonchev–Trinajstić information content (AvgIpc) is 3.32. The molecule has 0 unspecified atom stereocenters. The molecule has 0 fully saturated rings. The molecule has 8 heteroatoms. The summed E-state index contributed by atoms with van der Waals surface area (Å²) in [5.74, 6) is 2.30. The van der Waals surface area contributed by atoms with Crippen LogP contribution < -0.4 is 5.32 Å². The van der Waals surface area contributed by atoms with Crippen molar-refractivity contribution in [3.8, 4) is 11.4 Å². The second-order valence-electron chi connectivity index (χ2n) is 9.01. The number of para-hydroxylation sites is 1. The standard InChI is InChI=1S/C30H39N7O/c1-5-36(6-2)21-19-31-29-25-26(30(38-29)32-20-22-37(7-3)8-4)34-27(23-15-11-9-12-16-23)35-28(25)33-24-17-13-10-14-18-24/h9-18H,5-8,19-22H2,1-4H3,(H,33,34,35). The van der Waals surface area contributed by atoms with E-state index in [1.54, 1.807) is 0 Å². The fraction of sp³-hybridized carbons (Fsp3) is 0.400. The summed E-state index contributed by atoms with van der Waals surface area (Å²) in [6.45, 7) is 15.6. The number of rotatable bonds is 13. The van der Waals surface area contributed by atoms with Crippen LogP contribution in [0.3, 0.4) is 0 Å². The molecule has 1 aliphatic heterocycles. The molecule has 0 atom stereocenters. The topological polar surface area (TPSA) is 78.2 Å². The second kappa shape index (κ2) is 13.8. The van der Waals surface area contributed by atoms with E-state index in [2.05, 4.69) is 42.8 Å². The number of nitrogens with one attached hydrogen (secondary N) is 1. The van der Waals surface area contributed by atoms with Crippen LogP contribution in [0.2, 0.25) is 0 Å². The van der Waals surface area contributed by atoms with Crippen molar-refractivity contribution in [2.75, 3.05) is 57.7 Å². The van der Waals surface area contributed by atoms with Crippen LogP contribution in [-0.2, 0) is 4.74 Å². The van der Waals surface area contributed by atoms with E-state index in [-0.39, 0.29) is 0 Å². The molecule has 38 heavy (non-hydrogen) atoms. The number of benzene rings is 2. The normalized spacial score (nSPS) is 14.9. The molecule has 2 aromatic carbocycles. The van der Waals surface area contributed by atoms with Crippen LogP contribution >= 0.6 is 0 Å². The summed E-state index contributed by atoms with van der Waals surface area (Å²) in [7, 11) is 0. The summed E-state index contributed by atoms with van der Waals surface area (Å²) < 4.78 is 6.32. The van der Waals surface area contributed by atoms with E-state index in [9.17, 15) is 0 Å². The summed E-state index contributed by atoms with van der Waals surface area (Å²) in [5, 5.41) is 3.49. The first-order chi connectivity index (χ1) is 18.7. The Balaban J connectivity index is 1.78. The minimum absolute atomic E-state index is 0.504. The molecular formula is C30H39N7O. The van der Waals surface area contributed by atoms with Crippen molar-refractivity contribution in [2.24, 2.45) is 9.98 Å². The number of nitrogens with zero attached hydrogens (tertiary/aromatic N) is 6. The third-order valence-corrected chi connectivity index (χ3v) is 6.72. The lowest BCUT2D eigenvalue weighted by Crippen LogP contribution is -2.26. The molecule has 3 aromatic rings. The molecule has 1 N–H and O–H groups in total. The fourth-order valence-electron chi connectivity index (χ4n) is 4.36. The summed E-state index contributed by atoms with van der Waals surface area (Å²) in [6.07, 6.45) is 0. The molecule has 8 nitrogen and oxygen atoms in total. The molecule has 0 aliphatic carbocycles. The predicted molar refractivity (Wildman–Crippen MR) is 157 cm³/mol. The highest BCUT2D eigenvalue weighted by atomic mass is 16.5. The van der Waals surface area contributed by atoms with Gasteiger partial charge in [0.25, 0.3) is 0 Å². The number of fused-ring (bicyclic) bond motifs is 1. The number of aromatic nitrogens is 2. The summed E-state index contributed by atoms with van der Waals surface area (Å²) in [5.41, 5.74) is 3.30. The number of hydrogen-bond acceptors (Lipinski definition) is 8. The van der Waals surface area contributed by atoms with Gasteiger partial charge in [-0.1, -0.05) is 76.2 Å². The lowest BCUT2D eigenvalue weighted by Gasteiger charge is -2.16. The van der Waals surface area contributed by atoms with Gasteiger partial charge in [-0.05, 0) is 38.3 Å². The van der Waals surface area contributed by atoms with Gasteiger partial charge < -0.3 is 19.9 Å². The van der Waals surface area contributed by atoms with Crippen molar-refractivity contribution in [2.45, 2.75) is 27.7 Å². The zero-order chi connectivity index (χ0) is 26.7. The SMILES string of the molecule is CCN(CC)CCN=C1OC(=NCCN(CC)CC)c2c(Nc3ccccc3)nc(-c3ccccc3)nc21. The molecule has 1 aliphatic rings. The molecular weight excluding hydrogens is 474 g/mol. The number of aliphatic imine (C=N–C) groups is 2. The molecule has 0 amide bonds. The zero-order valence-electron chi connectivity index (χ0n) is 23.0. The van der Waals surface area contributed by atoms with Gasteiger partial charge in [0.15, 0.2) is 5.82 Å². The smallest absolute Gasteiger partial charge is 0.243 e. The van der Waals surface area contributed by atoms with Crippen molar-refractivity contribution in [1.29, 1.82) is 0 Å². The Labute approximate surface area is 226 Å². The van der Waals surface area contributed by atoms with E-state index < -0.39 is 0 Å². The number of anilines is 2. The molecule has 0 saturated heterocycles. The minimum atomic E-state index is 0.504. The molecule has 0 spiro atoms. The third-order valence-electron chi connectivity index (χ3n) is 6.72. The highest BCUT2D eigenvalue weighted by Crippen LogP contribution is 2.31. The predicted octanol–water partition coefficient (Wildman–Crippen LogP) is 5.09. The lowest BCUT2D eigenvalue weighted by atomic mass is 10.1. The number of likely N-dealkylation sites (N-methyl/N-ethyl adjacent to an activating group) is 2.